The van der Waals surface area contributed by atoms with Crippen molar-refractivity contribution in [2.45, 2.75) is 6.42 Å². The summed E-state index contributed by atoms with van der Waals surface area (Å²) in [5.74, 6) is -0.264. The number of halogens is 1. The highest BCUT2D eigenvalue weighted by atomic mass is 19.1. The molecule has 0 radical (unpaired) electrons. The average Bonchev–Trinajstić information content (AvgIpc) is 2.77. The second-order valence-electron chi connectivity index (χ2n) is 3.77. The third-order valence-electron chi connectivity index (χ3n) is 2.75. The maximum atomic E-state index is 12.9. The van der Waals surface area contributed by atoms with Gasteiger partial charge in [-0.3, -0.25) is 4.79 Å². The molecule has 1 unspecified atom stereocenters. The lowest BCUT2D eigenvalue weighted by Crippen LogP contribution is -2.24. The van der Waals surface area contributed by atoms with Crippen molar-refractivity contribution in [1.82, 2.24) is 4.98 Å². The minimum Gasteiger partial charge on any atom is -0.469 e. The predicted molar refractivity (Wildman–Crippen MR) is 56.5 cm³/mol. The van der Waals surface area contributed by atoms with Crippen LogP contribution in [0.2, 0.25) is 0 Å². The Hall–Kier alpha value is -1.65. The summed E-state index contributed by atoms with van der Waals surface area (Å²) in [5.41, 5.74) is 0. The van der Waals surface area contributed by atoms with Crippen molar-refractivity contribution in [3.63, 3.8) is 0 Å². The summed E-state index contributed by atoms with van der Waals surface area (Å²) >= 11 is 0. The number of esters is 1. The molecule has 1 aromatic heterocycles. The van der Waals surface area contributed by atoms with Crippen LogP contribution in [0.4, 0.5) is 10.2 Å². The topological polar surface area (TPSA) is 42.4 Å². The number of anilines is 1. The highest BCUT2D eigenvalue weighted by Crippen LogP contribution is 2.22. The van der Waals surface area contributed by atoms with Crippen molar-refractivity contribution in [2.75, 3.05) is 25.1 Å². The molecule has 16 heavy (non-hydrogen) atoms. The number of rotatable bonds is 2. The Labute approximate surface area is 93.0 Å². The largest absolute Gasteiger partial charge is 0.469 e. The van der Waals surface area contributed by atoms with E-state index in [4.69, 9.17) is 0 Å². The fourth-order valence-corrected chi connectivity index (χ4v) is 1.90. The predicted octanol–water partition coefficient (Wildman–Crippen LogP) is 1.22. The van der Waals surface area contributed by atoms with E-state index in [-0.39, 0.29) is 11.9 Å². The van der Waals surface area contributed by atoms with E-state index in [0.29, 0.717) is 18.9 Å². The van der Waals surface area contributed by atoms with Gasteiger partial charge < -0.3 is 9.64 Å². The first-order valence-corrected chi connectivity index (χ1v) is 5.16. The third kappa shape index (κ3) is 2.13. The number of carbonyl (C=O) groups is 1. The van der Waals surface area contributed by atoms with Crippen LogP contribution in [0.1, 0.15) is 6.42 Å². The van der Waals surface area contributed by atoms with Crippen molar-refractivity contribution in [2.24, 2.45) is 5.92 Å². The van der Waals surface area contributed by atoms with Gasteiger partial charge in [0, 0.05) is 13.1 Å². The Bertz CT molecular complexity index is 397. The molecule has 0 aliphatic carbocycles. The van der Waals surface area contributed by atoms with E-state index in [1.807, 2.05) is 4.90 Å². The Morgan fingerprint density at radius 3 is 3.12 bits per heavy atom. The molecule has 1 aliphatic heterocycles. The van der Waals surface area contributed by atoms with Crippen LogP contribution in [0.15, 0.2) is 18.2 Å². The van der Waals surface area contributed by atoms with Crippen LogP contribution in [-0.2, 0) is 9.53 Å². The summed E-state index contributed by atoms with van der Waals surface area (Å²) in [5, 5.41) is 0. The zero-order chi connectivity index (χ0) is 11.5. The van der Waals surface area contributed by atoms with Gasteiger partial charge in [-0.1, -0.05) is 6.07 Å². The molecule has 0 spiro atoms. The first-order chi connectivity index (χ1) is 7.70. The van der Waals surface area contributed by atoms with Crippen molar-refractivity contribution in [1.29, 1.82) is 0 Å². The fourth-order valence-electron chi connectivity index (χ4n) is 1.90. The molecular formula is C11H13FN2O2. The number of nitrogens with zero attached hydrogens (tertiary/aromatic N) is 2. The zero-order valence-corrected chi connectivity index (χ0v) is 9.02. The summed E-state index contributed by atoms with van der Waals surface area (Å²) in [6.45, 7) is 1.25. The molecule has 2 heterocycles. The first kappa shape index (κ1) is 10.9. The zero-order valence-electron chi connectivity index (χ0n) is 9.02. The van der Waals surface area contributed by atoms with Crippen LogP contribution < -0.4 is 4.90 Å². The third-order valence-corrected chi connectivity index (χ3v) is 2.75. The highest BCUT2D eigenvalue weighted by Gasteiger charge is 2.29. The van der Waals surface area contributed by atoms with Gasteiger partial charge in [-0.25, -0.2) is 4.98 Å². The van der Waals surface area contributed by atoms with Crippen molar-refractivity contribution < 1.29 is 13.9 Å². The molecule has 1 aromatic rings. The number of carbonyl (C=O) groups excluding carboxylic acids is 1. The molecule has 1 saturated heterocycles. The molecule has 5 heteroatoms. The van der Waals surface area contributed by atoms with Crippen molar-refractivity contribution in [3.05, 3.63) is 24.1 Å². The standard InChI is InChI=1S/C11H13FN2O2/c1-16-11(15)8-5-6-14(7-8)10-4-2-3-9(12)13-10/h2-4,8H,5-7H2,1H3. The lowest BCUT2D eigenvalue weighted by molar-refractivity contribution is -0.144. The van der Waals surface area contributed by atoms with Gasteiger partial charge in [0.05, 0.1) is 13.0 Å². The van der Waals surface area contributed by atoms with Crippen LogP contribution in [0.5, 0.6) is 0 Å². The van der Waals surface area contributed by atoms with Crippen LogP contribution in [0.3, 0.4) is 0 Å². The van der Waals surface area contributed by atoms with E-state index >= 15 is 0 Å². The van der Waals surface area contributed by atoms with E-state index in [9.17, 15) is 9.18 Å². The summed E-state index contributed by atoms with van der Waals surface area (Å²) in [4.78, 5) is 17.0. The molecule has 0 amide bonds. The molecule has 1 aliphatic rings. The van der Waals surface area contributed by atoms with Crippen LogP contribution in [-0.4, -0.2) is 31.2 Å². The molecule has 1 fully saturated rings. The maximum absolute atomic E-state index is 12.9. The van der Waals surface area contributed by atoms with Gasteiger partial charge in [0.25, 0.3) is 0 Å². The van der Waals surface area contributed by atoms with Crippen LogP contribution in [0.25, 0.3) is 0 Å². The monoisotopic (exact) mass is 224 g/mol. The van der Waals surface area contributed by atoms with Crippen LogP contribution in [0, 0.1) is 11.9 Å². The van der Waals surface area contributed by atoms with Gasteiger partial charge >= 0.3 is 5.97 Å². The van der Waals surface area contributed by atoms with E-state index in [1.54, 1.807) is 12.1 Å². The van der Waals surface area contributed by atoms with E-state index in [1.165, 1.54) is 13.2 Å². The Kier molecular flexibility index (Phi) is 3.03. The number of pyridine rings is 1. The van der Waals surface area contributed by atoms with Gasteiger partial charge in [0.2, 0.25) is 5.95 Å². The summed E-state index contributed by atoms with van der Waals surface area (Å²) in [7, 11) is 1.38. The number of ether oxygens (including phenoxy) is 1. The molecule has 0 bridgehead atoms. The average molecular weight is 224 g/mol. The van der Waals surface area contributed by atoms with Crippen molar-refractivity contribution >= 4 is 11.8 Å². The van der Waals surface area contributed by atoms with Crippen molar-refractivity contribution in [3.8, 4) is 0 Å². The minimum atomic E-state index is -0.501. The summed E-state index contributed by atoms with van der Waals surface area (Å²) in [6, 6.07) is 4.66. The van der Waals surface area contributed by atoms with E-state index < -0.39 is 5.95 Å². The lowest BCUT2D eigenvalue weighted by atomic mass is 10.1. The quantitative estimate of drug-likeness (QED) is 0.559. The fraction of sp³-hybridized carbons (Fsp3) is 0.455. The summed E-state index contributed by atoms with van der Waals surface area (Å²) in [6.07, 6.45) is 0.727. The molecule has 0 saturated carbocycles. The normalized spacial score (nSPS) is 19.9. The summed E-state index contributed by atoms with van der Waals surface area (Å²) < 4.78 is 17.6. The minimum absolute atomic E-state index is 0.130. The van der Waals surface area contributed by atoms with Gasteiger partial charge in [0.15, 0.2) is 0 Å². The van der Waals surface area contributed by atoms with E-state index in [0.717, 1.165) is 6.42 Å². The molecule has 86 valence electrons. The lowest BCUT2D eigenvalue weighted by Gasteiger charge is -2.16. The smallest absolute Gasteiger partial charge is 0.310 e. The number of aromatic nitrogens is 1. The Morgan fingerprint density at radius 1 is 1.62 bits per heavy atom. The van der Waals surface area contributed by atoms with Gasteiger partial charge in [-0.05, 0) is 18.6 Å². The van der Waals surface area contributed by atoms with E-state index in [2.05, 4.69) is 9.72 Å². The number of methoxy groups -OCH3 is 1. The number of hydrogen-bond donors (Lipinski definition) is 0. The molecule has 4 nitrogen and oxygen atoms in total. The second-order valence-corrected chi connectivity index (χ2v) is 3.77. The molecule has 1 atom stereocenters. The molecule has 0 aromatic carbocycles. The highest BCUT2D eigenvalue weighted by molar-refractivity contribution is 5.74. The SMILES string of the molecule is COC(=O)C1CCN(c2cccc(F)n2)C1. The Balaban J connectivity index is 2.06. The van der Waals surface area contributed by atoms with Gasteiger partial charge in [0.1, 0.15) is 5.82 Å². The molecule has 2 rings (SSSR count). The van der Waals surface area contributed by atoms with Crippen LogP contribution >= 0.6 is 0 Å². The molecular weight excluding hydrogens is 211 g/mol. The number of hydrogen-bond acceptors (Lipinski definition) is 4. The van der Waals surface area contributed by atoms with Gasteiger partial charge in [-0.2, -0.15) is 4.39 Å². The van der Waals surface area contributed by atoms with Gasteiger partial charge in [-0.15, -0.1) is 0 Å². The second kappa shape index (κ2) is 4.47. The molecule has 0 N–H and O–H groups in total. The first-order valence-electron chi connectivity index (χ1n) is 5.16. The Morgan fingerprint density at radius 2 is 2.44 bits per heavy atom. The maximum Gasteiger partial charge on any atom is 0.310 e.